The molecular weight excluding hydrogens is 342 g/mol. The monoisotopic (exact) mass is 369 g/mol. The fourth-order valence-corrected chi connectivity index (χ4v) is 3.76. The number of likely N-dealkylation sites (N-methyl/N-ethyl adjacent to an activating group) is 1. The average Bonchev–Trinajstić information content (AvgIpc) is 3.19. The predicted molar refractivity (Wildman–Crippen MR) is 103 cm³/mol. The van der Waals surface area contributed by atoms with Gasteiger partial charge in [0, 0.05) is 19.0 Å². The van der Waals surface area contributed by atoms with Crippen LogP contribution in [-0.4, -0.2) is 56.7 Å². The Balaban J connectivity index is 1.79. The lowest BCUT2D eigenvalue weighted by molar-refractivity contribution is -0.142. The van der Waals surface area contributed by atoms with Gasteiger partial charge >= 0.3 is 5.97 Å². The van der Waals surface area contributed by atoms with Crippen LogP contribution in [0.3, 0.4) is 0 Å². The van der Waals surface area contributed by atoms with Crippen molar-refractivity contribution in [3.05, 3.63) is 47.3 Å². The van der Waals surface area contributed by atoms with E-state index >= 15 is 0 Å². The Hall–Kier alpha value is -2.54. The summed E-state index contributed by atoms with van der Waals surface area (Å²) in [4.78, 5) is 14.1. The van der Waals surface area contributed by atoms with Crippen LogP contribution in [0.1, 0.15) is 49.1 Å². The van der Waals surface area contributed by atoms with E-state index in [4.69, 9.17) is 0 Å². The number of rotatable bonds is 8. The number of carbonyl (C=O) groups is 1. The second-order valence-electron chi connectivity index (χ2n) is 7.27. The minimum absolute atomic E-state index is 0.299. The summed E-state index contributed by atoms with van der Waals surface area (Å²) in [6.07, 6.45) is 5.34. The van der Waals surface area contributed by atoms with Gasteiger partial charge < -0.3 is 10.0 Å². The average molecular weight is 369 g/mol. The van der Waals surface area contributed by atoms with Crippen molar-refractivity contribution in [2.24, 2.45) is 5.92 Å². The number of hydrogen-bond acceptors (Lipinski definition) is 5. The summed E-state index contributed by atoms with van der Waals surface area (Å²) < 4.78 is 0. The van der Waals surface area contributed by atoms with Crippen molar-refractivity contribution in [1.82, 2.24) is 25.5 Å². The van der Waals surface area contributed by atoms with Gasteiger partial charge in [-0.25, -0.2) is 0 Å². The molecule has 7 heteroatoms. The molecule has 2 aromatic rings. The molecule has 0 bridgehead atoms. The molecule has 0 unspecified atom stereocenters. The second kappa shape index (κ2) is 8.90. The summed E-state index contributed by atoms with van der Waals surface area (Å²) in [7, 11) is 2.14. The molecule has 2 heterocycles. The van der Waals surface area contributed by atoms with Gasteiger partial charge in [0.15, 0.2) is 5.82 Å². The van der Waals surface area contributed by atoms with Crippen LogP contribution in [0.5, 0.6) is 0 Å². The van der Waals surface area contributed by atoms with E-state index in [9.17, 15) is 9.90 Å². The van der Waals surface area contributed by atoms with Crippen LogP contribution in [-0.2, 0) is 11.2 Å². The summed E-state index contributed by atoms with van der Waals surface area (Å²) >= 11 is 0. The Labute approximate surface area is 159 Å². The molecule has 144 valence electrons. The van der Waals surface area contributed by atoms with E-state index in [1.807, 2.05) is 6.92 Å². The van der Waals surface area contributed by atoms with E-state index in [-0.39, 0.29) is 5.92 Å². The number of carboxylic acids is 1. The van der Waals surface area contributed by atoms with Gasteiger partial charge in [0.1, 0.15) is 0 Å². The van der Waals surface area contributed by atoms with Gasteiger partial charge in [-0.3, -0.25) is 4.79 Å². The summed E-state index contributed by atoms with van der Waals surface area (Å²) in [5.41, 5.74) is 3.66. The Morgan fingerprint density at radius 1 is 1.33 bits per heavy atom. The first-order valence-corrected chi connectivity index (χ1v) is 9.51. The first-order valence-electron chi connectivity index (χ1n) is 9.51. The molecule has 0 saturated carbocycles. The molecule has 1 aromatic carbocycles. The van der Waals surface area contributed by atoms with Crippen LogP contribution in [0.2, 0.25) is 0 Å². The van der Waals surface area contributed by atoms with Crippen molar-refractivity contribution in [2.45, 2.75) is 38.5 Å². The fourth-order valence-electron chi connectivity index (χ4n) is 3.76. The van der Waals surface area contributed by atoms with Crippen LogP contribution in [0, 0.1) is 5.92 Å². The minimum atomic E-state index is -0.807. The molecule has 0 saturated heterocycles. The highest BCUT2D eigenvalue weighted by molar-refractivity contribution is 5.71. The number of aliphatic carboxylic acids is 1. The maximum atomic E-state index is 11.8. The molecule has 0 aliphatic carbocycles. The van der Waals surface area contributed by atoms with Crippen molar-refractivity contribution in [1.29, 1.82) is 0 Å². The highest BCUT2D eigenvalue weighted by Crippen LogP contribution is 2.30. The maximum Gasteiger partial charge on any atom is 0.307 e. The number of tetrazole rings is 1. The molecule has 3 rings (SSSR count). The number of aromatic nitrogens is 4. The number of hydrogen-bond donors (Lipinski definition) is 2. The van der Waals surface area contributed by atoms with Crippen LogP contribution < -0.4 is 0 Å². The van der Waals surface area contributed by atoms with Crippen LogP contribution >= 0.6 is 0 Å². The summed E-state index contributed by atoms with van der Waals surface area (Å²) in [5, 5.41) is 23.9. The van der Waals surface area contributed by atoms with Crippen LogP contribution in [0.4, 0.5) is 0 Å². The lowest BCUT2D eigenvalue weighted by atomic mass is 9.83. The fraction of sp³-hybridized carbons (Fsp3) is 0.500. The summed E-state index contributed by atoms with van der Waals surface area (Å²) in [6, 6.07) is 8.43. The highest BCUT2D eigenvalue weighted by Gasteiger charge is 2.32. The molecule has 2 atom stereocenters. The van der Waals surface area contributed by atoms with Crippen LogP contribution in [0.25, 0.3) is 5.57 Å². The Morgan fingerprint density at radius 2 is 2.11 bits per heavy atom. The SMILES string of the molecule is CCC[C@H](C(=O)O)[C@H](Cc1ccc(C2=CCCN(C)C2)cc1)c1nn[nH]n1. The third-order valence-corrected chi connectivity index (χ3v) is 5.22. The number of benzene rings is 1. The van der Waals surface area contributed by atoms with Gasteiger partial charge in [0.2, 0.25) is 0 Å². The molecule has 2 N–H and O–H groups in total. The van der Waals surface area contributed by atoms with E-state index < -0.39 is 11.9 Å². The molecular formula is C20H27N5O2. The van der Waals surface area contributed by atoms with E-state index in [1.54, 1.807) is 0 Å². The smallest absolute Gasteiger partial charge is 0.307 e. The van der Waals surface area contributed by atoms with E-state index in [0.717, 1.165) is 31.5 Å². The van der Waals surface area contributed by atoms with Gasteiger partial charge in [-0.1, -0.05) is 48.9 Å². The molecule has 0 radical (unpaired) electrons. The first-order chi connectivity index (χ1) is 13.1. The predicted octanol–water partition coefficient (Wildman–Crippen LogP) is 2.75. The number of aromatic amines is 1. The zero-order chi connectivity index (χ0) is 19.2. The van der Waals surface area contributed by atoms with Gasteiger partial charge in [-0.05, 0) is 43.0 Å². The molecule has 1 aliphatic heterocycles. The normalized spacial score (nSPS) is 17.3. The quantitative estimate of drug-likeness (QED) is 0.743. The third-order valence-electron chi connectivity index (χ3n) is 5.22. The van der Waals surface area contributed by atoms with Crippen molar-refractivity contribution in [2.75, 3.05) is 20.1 Å². The number of nitrogens with one attached hydrogen (secondary N) is 1. The topological polar surface area (TPSA) is 95.0 Å². The number of H-pyrrole nitrogens is 1. The molecule has 27 heavy (non-hydrogen) atoms. The largest absolute Gasteiger partial charge is 0.481 e. The van der Waals surface area contributed by atoms with Crippen molar-refractivity contribution in [3.63, 3.8) is 0 Å². The number of nitrogens with zero attached hydrogens (tertiary/aromatic N) is 4. The van der Waals surface area contributed by atoms with Gasteiger partial charge in [0.05, 0.1) is 5.92 Å². The van der Waals surface area contributed by atoms with Gasteiger partial charge in [-0.2, -0.15) is 5.21 Å². The molecule has 7 nitrogen and oxygen atoms in total. The summed E-state index contributed by atoms with van der Waals surface area (Å²) in [5.74, 6) is -1.16. The molecule has 0 amide bonds. The lowest BCUT2D eigenvalue weighted by Gasteiger charge is -2.23. The first kappa shape index (κ1) is 19.2. The zero-order valence-electron chi connectivity index (χ0n) is 15.9. The van der Waals surface area contributed by atoms with E-state index in [0.29, 0.717) is 18.7 Å². The van der Waals surface area contributed by atoms with Crippen molar-refractivity contribution in [3.8, 4) is 0 Å². The lowest BCUT2D eigenvalue weighted by Crippen LogP contribution is -2.25. The van der Waals surface area contributed by atoms with Gasteiger partial charge in [0.25, 0.3) is 0 Å². The van der Waals surface area contributed by atoms with E-state index in [1.165, 1.54) is 11.1 Å². The van der Waals surface area contributed by atoms with Crippen molar-refractivity contribution < 1.29 is 9.90 Å². The second-order valence-corrected chi connectivity index (χ2v) is 7.27. The summed E-state index contributed by atoms with van der Waals surface area (Å²) in [6.45, 7) is 4.05. The van der Waals surface area contributed by atoms with E-state index in [2.05, 4.69) is 62.9 Å². The van der Waals surface area contributed by atoms with Crippen molar-refractivity contribution >= 4 is 11.5 Å². The Kier molecular flexibility index (Phi) is 6.34. The molecule has 1 aliphatic rings. The number of carboxylic acid groups (broad SMARTS) is 1. The van der Waals surface area contributed by atoms with Gasteiger partial charge in [-0.15, -0.1) is 10.2 Å². The maximum absolute atomic E-state index is 11.8. The third kappa shape index (κ3) is 4.80. The minimum Gasteiger partial charge on any atom is -0.481 e. The Morgan fingerprint density at radius 3 is 2.70 bits per heavy atom. The zero-order valence-corrected chi connectivity index (χ0v) is 15.9. The molecule has 1 aromatic heterocycles. The highest BCUT2D eigenvalue weighted by atomic mass is 16.4. The molecule has 0 fully saturated rings. The standard InChI is InChI=1S/C20H27N5O2/c1-3-5-17(20(26)27)18(19-21-23-24-22-19)12-14-7-9-15(10-8-14)16-6-4-11-25(2)13-16/h6-10,17-18H,3-5,11-13H2,1-2H3,(H,26,27)(H,21,22,23,24)/t17-,18-/m0/s1. The Bertz CT molecular complexity index is 770. The molecule has 0 spiro atoms. The van der Waals surface area contributed by atoms with Crippen LogP contribution in [0.15, 0.2) is 30.3 Å².